The van der Waals surface area contributed by atoms with Crippen molar-refractivity contribution in [3.8, 4) is 0 Å². The van der Waals surface area contributed by atoms with Crippen LogP contribution >= 0.6 is 0 Å². The van der Waals surface area contributed by atoms with Crippen LogP contribution in [0.5, 0.6) is 0 Å². The minimum atomic E-state index is -0.970. The van der Waals surface area contributed by atoms with Crippen LogP contribution in [0, 0.1) is 0 Å². The molecule has 0 saturated carbocycles. The van der Waals surface area contributed by atoms with Gasteiger partial charge in [0.15, 0.2) is 0 Å². The Morgan fingerprint density at radius 2 is 2.09 bits per heavy atom. The number of hydrogen-bond acceptors (Lipinski definition) is 2. The van der Waals surface area contributed by atoms with Crippen molar-refractivity contribution in [2.45, 2.75) is 39.2 Å². The molecule has 0 bridgehead atoms. The molecule has 1 amide bonds. The molecule has 2 N–H and O–H groups in total. The van der Waals surface area contributed by atoms with Crippen LogP contribution in [0.4, 0.5) is 0 Å². The van der Waals surface area contributed by atoms with E-state index in [4.69, 9.17) is 5.11 Å². The molecule has 2 rings (SSSR count). The third-order valence-electron chi connectivity index (χ3n) is 3.99. The average Bonchev–Trinajstić information content (AvgIpc) is 2.96. The Morgan fingerprint density at radius 3 is 2.77 bits per heavy atom. The molecule has 0 radical (unpaired) electrons. The molecule has 1 atom stereocenters. The van der Waals surface area contributed by atoms with E-state index >= 15 is 0 Å². The lowest BCUT2D eigenvalue weighted by Crippen LogP contribution is -2.41. The summed E-state index contributed by atoms with van der Waals surface area (Å²) in [6, 6.07) is 7.99. The number of aryl methyl sites for hydroxylation is 1. The molecule has 0 aliphatic carbocycles. The van der Waals surface area contributed by atoms with E-state index in [2.05, 4.69) is 11.1 Å². The Hall–Kier alpha value is -2.30. The first kappa shape index (κ1) is 16.1. The van der Waals surface area contributed by atoms with E-state index in [1.54, 1.807) is 0 Å². The Balaban J connectivity index is 2.01. The van der Waals surface area contributed by atoms with E-state index in [-0.39, 0.29) is 18.5 Å². The van der Waals surface area contributed by atoms with E-state index < -0.39 is 5.97 Å². The van der Waals surface area contributed by atoms with Gasteiger partial charge < -0.3 is 15.0 Å². The first-order chi connectivity index (χ1) is 10.5. The summed E-state index contributed by atoms with van der Waals surface area (Å²) in [6.07, 6.45) is 3.57. The monoisotopic (exact) mass is 302 g/mol. The van der Waals surface area contributed by atoms with Crippen LogP contribution in [0.2, 0.25) is 0 Å². The van der Waals surface area contributed by atoms with Gasteiger partial charge in [0.2, 0.25) is 5.91 Å². The highest BCUT2D eigenvalue weighted by Crippen LogP contribution is 2.16. The number of aromatic nitrogens is 1. The predicted octanol–water partition coefficient (Wildman–Crippen LogP) is 2.81. The van der Waals surface area contributed by atoms with E-state index in [1.807, 2.05) is 38.2 Å². The second kappa shape index (κ2) is 7.11. The lowest BCUT2D eigenvalue weighted by molar-refractivity contribution is -0.146. The number of rotatable bonds is 7. The topological polar surface area (TPSA) is 73.4 Å². The minimum Gasteiger partial charge on any atom is -0.480 e. The number of hydrogen-bond donors (Lipinski definition) is 2. The molecule has 1 aromatic carbocycles. The fourth-order valence-electron chi connectivity index (χ4n) is 2.51. The highest BCUT2D eigenvalue weighted by Gasteiger charge is 2.21. The number of fused-ring (bicyclic) bond motifs is 1. The number of amides is 1. The van der Waals surface area contributed by atoms with Gasteiger partial charge in [-0.05, 0) is 48.9 Å². The normalized spacial score (nSPS) is 12.3. The summed E-state index contributed by atoms with van der Waals surface area (Å²) < 4.78 is 0. The maximum Gasteiger partial charge on any atom is 0.323 e. The Bertz CT molecular complexity index is 663. The van der Waals surface area contributed by atoms with Gasteiger partial charge in [0, 0.05) is 24.2 Å². The van der Waals surface area contributed by atoms with Gasteiger partial charge in [0.25, 0.3) is 0 Å². The van der Waals surface area contributed by atoms with Gasteiger partial charge in [-0.3, -0.25) is 9.59 Å². The first-order valence-electron chi connectivity index (χ1n) is 7.58. The van der Waals surface area contributed by atoms with Crippen LogP contribution in [0.15, 0.2) is 30.5 Å². The molecule has 5 heteroatoms. The van der Waals surface area contributed by atoms with Crippen molar-refractivity contribution in [3.63, 3.8) is 0 Å². The van der Waals surface area contributed by atoms with Gasteiger partial charge in [-0.2, -0.15) is 0 Å². The van der Waals surface area contributed by atoms with E-state index in [0.717, 1.165) is 22.9 Å². The van der Waals surface area contributed by atoms with Crippen molar-refractivity contribution in [1.29, 1.82) is 0 Å². The molecule has 1 heterocycles. The quantitative estimate of drug-likeness (QED) is 0.826. The van der Waals surface area contributed by atoms with Crippen molar-refractivity contribution in [1.82, 2.24) is 9.88 Å². The van der Waals surface area contributed by atoms with E-state index in [9.17, 15) is 9.59 Å². The molecule has 0 aliphatic rings. The second-order valence-corrected chi connectivity index (χ2v) is 5.57. The molecule has 1 aromatic heterocycles. The molecule has 22 heavy (non-hydrogen) atoms. The Kier molecular flexibility index (Phi) is 5.20. The van der Waals surface area contributed by atoms with Gasteiger partial charge in [-0.25, -0.2) is 0 Å². The average molecular weight is 302 g/mol. The standard InChI is InChI=1S/C17H22N2O3/c1-3-12(2)19(11-17(21)22)16(20)7-5-13-4-6-15-14(10-13)8-9-18-15/h4,6,8-10,12,18H,3,5,7,11H2,1-2H3,(H,21,22). The molecule has 0 spiro atoms. The van der Waals surface area contributed by atoms with Gasteiger partial charge >= 0.3 is 5.97 Å². The van der Waals surface area contributed by atoms with E-state index in [0.29, 0.717) is 12.8 Å². The molecule has 118 valence electrons. The lowest BCUT2D eigenvalue weighted by Gasteiger charge is -2.27. The van der Waals surface area contributed by atoms with Gasteiger partial charge in [0.1, 0.15) is 6.54 Å². The Morgan fingerprint density at radius 1 is 1.32 bits per heavy atom. The van der Waals surface area contributed by atoms with Crippen LogP contribution in [-0.2, 0) is 16.0 Å². The van der Waals surface area contributed by atoms with Crippen molar-refractivity contribution in [3.05, 3.63) is 36.0 Å². The van der Waals surface area contributed by atoms with Crippen LogP contribution in [0.1, 0.15) is 32.3 Å². The summed E-state index contributed by atoms with van der Waals surface area (Å²) >= 11 is 0. The summed E-state index contributed by atoms with van der Waals surface area (Å²) in [4.78, 5) is 27.8. The molecule has 0 aliphatic heterocycles. The van der Waals surface area contributed by atoms with E-state index in [1.165, 1.54) is 4.90 Å². The summed E-state index contributed by atoms with van der Waals surface area (Å²) in [5, 5.41) is 10.1. The highest BCUT2D eigenvalue weighted by atomic mass is 16.4. The maximum atomic E-state index is 12.3. The van der Waals surface area contributed by atoms with Gasteiger partial charge in [-0.1, -0.05) is 13.0 Å². The fraction of sp³-hybridized carbons (Fsp3) is 0.412. The van der Waals surface area contributed by atoms with Gasteiger partial charge in [0.05, 0.1) is 0 Å². The summed E-state index contributed by atoms with van der Waals surface area (Å²) in [6.45, 7) is 3.60. The number of aliphatic carboxylic acids is 1. The number of carboxylic acid groups (broad SMARTS) is 1. The van der Waals surface area contributed by atoms with Crippen molar-refractivity contribution >= 4 is 22.8 Å². The van der Waals surface area contributed by atoms with Gasteiger partial charge in [-0.15, -0.1) is 0 Å². The van der Waals surface area contributed by atoms with Crippen LogP contribution in [-0.4, -0.2) is 39.5 Å². The molecule has 2 aromatic rings. The first-order valence-corrected chi connectivity index (χ1v) is 7.58. The Labute approximate surface area is 129 Å². The van der Waals surface area contributed by atoms with Crippen molar-refractivity contribution in [2.24, 2.45) is 0 Å². The number of benzene rings is 1. The third kappa shape index (κ3) is 3.87. The van der Waals surface area contributed by atoms with Crippen LogP contribution < -0.4 is 0 Å². The van der Waals surface area contributed by atoms with Crippen LogP contribution in [0.3, 0.4) is 0 Å². The summed E-state index contributed by atoms with van der Waals surface area (Å²) in [7, 11) is 0. The number of nitrogens with zero attached hydrogens (tertiary/aromatic N) is 1. The smallest absolute Gasteiger partial charge is 0.323 e. The molecule has 0 fully saturated rings. The molecule has 0 saturated heterocycles. The lowest BCUT2D eigenvalue weighted by atomic mass is 10.1. The zero-order valence-electron chi connectivity index (χ0n) is 13.0. The van der Waals surface area contributed by atoms with Crippen LogP contribution in [0.25, 0.3) is 10.9 Å². The zero-order chi connectivity index (χ0) is 16.1. The van der Waals surface area contributed by atoms with Crippen molar-refractivity contribution in [2.75, 3.05) is 6.54 Å². The third-order valence-corrected chi connectivity index (χ3v) is 3.99. The minimum absolute atomic E-state index is 0.0595. The largest absolute Gasteiger partial charge is 0.480 e. The number of nitrogens with one attached hydrogen (secondary N) is 1. The maximum absolute atomic E-state index is 12.3. The zero-order valence-corrected chi connectivity index (χ0v) is 13.0. The predicted molar refractivity (Wildman–Crippen MR) is 85.7 cm³/mol. The number of carbonyl (C=O) groups excluding carboxylic acids is 1. The SMILES string of the molecule is CCC(C)N(CC(=O)O)C(=O)CCc1ccc2[nH]ccc2c1. The fourth-order valence-corrected chi connectivity index (χ4v) is 2.51. The second-order valence-electron chi connectivity index (χ2n) is 5.57. The molecular formula is C17H22N2O3. The molecule has 1 unspecified atom stereocenters. The highest BCUT2D eigenvalue weighted by molar-refractivity contribution is 5.82. The number of H-pyrrole nitrogens is 1. The summed E-state index contributed by atoms with van der Waals surface area (Å²) in [5.74, 6) is -1.08. The van der Waals surface area contributed by atoms with Crippen molar-refractivity contribution < 1.29 is 14.7 Å². The number of aromatic amines is 1. The summed E-state index contributed by atoms with van der Waals surface area (Å²) in [5.41, 5.74) is 2.15. The molecule has 5 nitrogen and oxygen atoms in total. The number of carboxylic acids is 1. The number of carbonyl (C=O) groups is 2. The molecular weight excluding hydrogens is 280 g/mol.